The zero-order chi connectivity index (χ0) is 12.2. The first-order chi connectivity index (χ1) is 7.33. The molecule has 0 unspecified atom stereocenters. The Hall–Kier alpha value is -0.640. The van der Waals surface area contributed by atoms with Gasteiger partial charge in [-0.05, 0) is 26.7 Å². The maximum atomic E-state index is 13.2. The maximum Gasteiger partial charge on any atom is 0.257 e. The van der Waals surface area contributed by atoms with Gasteiger partial charge >= 0.3 is 0 Å². The van der Waals surface area contributed by atoms with Crippen LogP contribution in [0.3, 0.4) is 0 Å². The lowest BCUT2D eigenvalue weighted by Gasteiger charge is -2.28. The third-order valence-corrected chi connectivity index (χ3v) is 3.15. The van der Waals surface area contributed by atoms with Gasteiger partial charge in [0, 0.05) is 6.54 Å². The molecular formula is C12H22FNO2. The molecule has 94 valence electrons. The number of carbonyl (C=O) groups excluding carboxylic acids is 1. The number of hydrogen-bond acceptors (Lipinski definition) is 2. The Kier molecular flexibility index (Phi) is 4.30. The van der Waals surface area contributed by atoms with Crippen LogP contribution in [0.1, 0.15) is 52.4 Å². The first kappa shape index (κ1) is 13.4. The van der Waals surface area contributed by atoms with Crippen LogP contribution in [0.2, 0.25) is 0 Å². The van der Waals surface area contributed by atoms with Gasteiger partial charge in [-0.3, -0.25) is 4.79 Å². The summed E-state index contributed by atoms with van der Waals surface area (Å²) in [7, 11) is 0. The number of alkyl halides is 1. The molecule has 2 N–H and O–H groups in total. The molecule has 3 nitrogen and oxygen atoms in total. The average molecular weight is 231 g/mol. The molecule has 0 spiro atoms. The molecule has 0 radical (unpaired) electrons. The largest absolute Gasteiger partial charge is 0.388 e. The monoisotopic (exact) mass is 231 g/mol. The van der Waals surface area contributed by atoms with Gasteiger partial charge in [0.05, 0.1) is 5.60 Å². The molecule has 0 aromatic heterocycles. The Morgan fingerprint density at radius 2 is 1.81 bits per heavy atom. The van der Waals surface area contributed by atoms with Crippen molar-refractivity contribution in [3.8, 4) is 0 Å². The molecule has 1 fully saturated rings. The lowest BCUT2D eigenvalue weighted by molar-refractivity contribution is -0.132. The molecule has 0 atom stereocenters. The van der Waals surface area contributed by atoms with Crippen molar-refractivity contribution in [2.24, 2.45) is 0 Å². The first-order valence-electron chi connectivity index (χ1n) is 6.03. The SMILES string of the molecule is CC(C)(F)C(=O)NCC1(O)CCCCCC1. The van der Waals surface area contributed by atoms with Crippen LogP contribution in [0.25, 0.3) is 0 Å². The van der Waals surface area contributed by atoms with Crippen molar-refractivity contribution in [1.82, 2.24) is 5.32 Å². The Morgan fingerprint density at radius 1 is 1.31 bits per heavy atom. The number of amides is 1. The van der Waals surface area contributed by atoms with Crippen molar-refractivity contribution in [2.45, 2.75) is 63.6 Å². The van der Waals surface area contributed by atoms with Gasteiger partial charge in [-0.1, -0.05) is 25.7 Å². The van der Waals surface area contributed by atoms with Gasteiger partial charge in [-0.15, -0.1) is 0 Å². The molecule has 0 aromatic rings. The standard InChI is InChI=1S/C12H22FNO2/c1-11(2,13)10(15)14-9-12(16)7-5-3-4-6-8-12/h16H,3-9H2,1-2H3,(H,14,15). The van der Waals surface area contributed by atoms with E-state index in [0.29, 0.717) is 12.8 Å². The zero-order valence-corrected chi connectivity index (χ0v) is 10.2. The van der Waals surface area contributed by atoms with Crippen LogP contribution in [0.5, 0.6) is 0 Å². The smallest absolute Gasteiger partial charge is 0.257 e. The highest BCUT2D eigenvalue weighted by Crippen LogP contribution is 2.26. The van der Waals surface area contributed by atoms with E-state index in [1.165, 1.54) is 13.8 Å². The highest BCUT2D eigenvalue weighted by molar-refractivity contribution is 5.84. The minimum Gasteiger partial charge on any atom is -0.388 e. The molecule has 1 aliphatic rings. The van der Waals surface area contributed by atoms with E-state index >= 15 is 0 Å². The third kappa shape index (κ3) is 4.08. The lowest BCUT2D eigenvalue weighted by Crippen LogP contribution is -2.47. The molecule has 1 aliphatic carbocycles. The Labute approximate surface area is 96.4 Å². The van der Waals surface area contributed by atoms with Gasteiger partial charge in [-0.25, -0.2) is 4.39 Å². The summed E-state index contributed by atoms with van der Waals surface area (Å²) >= 11 is 0. The van der Waals surface area contributed by atoms with E-state index in [2.05, 4.69) is 5.32 Å². The Balaban J connectivity index is 2.43. The number of halogens is 1. The normalized spacial score (nSPS) is 21.2. The van der Waals surface area contributed by atoms with E-state index in [-0.39, 0.29) is 6.54 Å². The van der Waals surface area contributed by atoms with Gasteiger partial charge in [0.2, 0.25) is 0 Å². The molecule has 0 heterocycles. The van der Waals surface area contributed by atoms with Crippen molar-refractivity contribution >= 4 is 5.91 Å². The van der Waals surface area contributed by atoms with Crippen molar-refractivity contribution in [1.29, 1.82) is 0 Å². The van der Waals surface area contributed by atoms with Crippen LogP contribution >= 0.6 is 0 Å². The van der Waals surface area contributed by atoms with Crippen molar-refractivity contribution < 1.29 is 14.3 Å². The quantitative estimate of drug-likeness (QED) is 0.729. The van der Waals surface area contributed by atoms with E-state index in [9.17, 15) is 14.3 Å². The first-order valence-corrected chi connectivity index (χ1v) is 6.03. The summed E-state index contributed by atoms with van der Waals surface area (Å²) in [4.78, 5) is 11.3. The van der Waals surface area contributed by atoms with Crippen molar-refractivity contribution in [3.63, 3.8) is 0 Å². The summed E-state index contributed by atoms with van der Waals surface area (Å²) in [6, 6.07) is 0. The molecule has 0 saturated heterocycles. The Morgan fingerprint density at radius 3 is 2.25 bits per heavy atom. The molecule has 1 rings (SSSR count). The van der Waals surface area contributed by atoms with E-state index < -0.39 is 17.2 Å². The second-order valence-corrected chi connectivity index (χ2v) is 5.29. The summed E-state index contributed by atoms with van der Waals surface area (Å²) < 4.78 is 13.2. The minimum absolute atomic E-state index is 0.166. The summed E-state index contributed by atoms with van der Waals surface area (Å²) in [6.45, 7) is 2.61. The predicted molar refractivity (Wildman–Crippen MR) is 60.8 cm³/mol. The van der Waals surface area contributed by atoms with E-state index in [4.69, 9.17) is 0 Å². The molecule has 0 aromatic carbocycles. The molecule has 1 amide bonds. The molecule has 0 aliphatic heterocycles. The van der Waals surface area contributed by atoms with Gasteiger partial charge in [0.25, 0.3) is 5.91 Å². The molecule has 4 heteroatoms. The number of aliphatic hydroxyl groups is 1. The van der Waals surface area contributed by atoms with E-state index in [1.807, 2.05) is 0 Å². The number of rotatable bonds is 3. The third-order valence-electron chi connectivity index (χ3n) is 3.15. The molecule has 1 saturated carbocycles. The molecular weight excluding hydrogens is 209 g/mol. The van der Waals surface area contributed by atoms with Crippen LogP contribution in [0, 0.1) is 0 Å². The number of nitrogens with one attached hydrogen (secondary N) is 1. The zero-order valence-electron chi connectivity index (χ0n) is 10.2. The van der Waals surface area contributed by atoms with Crippen LogP contribution in [0.15, 0.2) is 0 Å². The van der Waals surface area contributed by atoms with Crippen molar-refractivity contribution in [3.05, 3.63) is 0 Å². The summed E-state index contributed by atoms with van der Waals surface area (Å²) in [5.41, 5.74) is -2.71. The van der Waals surface area contributed by atoms with Crippen LogP contribution in [-0.2, 0) is 4.79 Å². The van der Waals surface area contributed by atoms with Crippen LogP contribution in [0.4, 0.5) is 4.39 Å². The predicted octanol–water partition coefficient (Wildman–Crippen LogP) is 1.94. The summed E-state index contributed by atoms with van der Waals surface area (Å²) in [5.74, 6) is -0.648. The molecule has 16 heavy (non-hydrogen) atoms. The van der Waals surface area contributed by atoms with Crippen molar-refractivity contribution in [2.75, 3.05) is 6.54 Å². The summed E-state index contributed by atoms with van der Waals surface area (Å²) in [6.07, 6.45) is 5.60. The highest BCUT2D eigenvalue weighted by Gasteiger charge is 2.32. The van der Waals surface area contributed by atoms with Gasteiger partial charge in [0.15, 0.2) is 5.67 Å². The van der Waals surface area contributed by atoms with E-state index in [1.54, 1.807) is 0 Å². The Bertz CT molecular complexity index is 240. The minimum atomic E-state index is -1.87. The second-order valence-electron chi connectivity index (χ2n) is 5.29. The van der Waals surface area contributed by atoms with Gasteiger partial charge in [0.1, 0.15) is 0 Å². The van der Waals surface area contributed by atoms with Crippen LogP contribution in [-0.4, -0.2) is 28.8 Å². The fourth-order valence-electron chi connectivity index (χ4n) is 2.02. The van der Waals surface area contributed by atoms with Crippen LogP contribution < -0.4 is 5.32 Å². The fraction of sp³-hybridized carbons (Fsp3) is 0.917. The number of carbonyl (C=O) groups is 1. The lowest BCUT2D eigenvalue weighted by atomic mass is 9.94. The molecule has 0 bridgehead atoms. The summed E-state index contributed by atoms with van der Waals surface area (Å²) in [5, 5.41) is 12.7. The van der Waals surface area contributed by atoms with E-state index in [0.717, 1.165) is 25.7 Å². The average Bonchev–Trinajstić information content (AvgIpc) is 2.39. The maximum absolute atomic E-state index is 13.2. The second kappa shape index (κ2) is 5.13. The topological polar surface area (TPSA) is 49.3 Å². The van der Waals surface area contributed by atoms with Gasteiger partial charge < -0.3 is 10.4 Å². The fourth-order valence-corrected chi connectivity index (χ4v) is 2.02. The highest BCUT2D eigenvalue weighted by atomic mass is 19.1. The van der Waals surface area contributed by atoms with Gasteiger partial charge in [-0.2, -0.15) is 0 Å². The number of hydrogen-bond donors (Lipinski definition) is 2.